The molecule has 3 nitrogen and oxygen atoms in total. The number of likely N-dealkylation sites (tertiary alicyclic amines) is 1. The van der Waals surface area contributed by atoms with E-state index in [0.717, 1.165) is 29.4 Å². The Bertz CT molecular complexity index is 399. The molecule has 1 aromatic carbocycles. The lowest BCUT2D eigenvalue weighted by Gasteiger charge is -2.27. The number of hydrogen-bond donors (Lipinski definition) is 2. The zero-order chi connectivity index (χ0) is 13.7. The Kier molecular flexibility index (Phi) is 5.82. The van der Waals surface area contributed by atoms with Gasteiger partial charge in [-0.15, -0.1) is 0 Å². The van der Waals surface area contributed by atoms with E-state index < -0.39 is 6.10 Å². The van der Waals surface area contributed by atoms with Crippen LogP contribution in [-0.2, 0) is 0 Å². The molecule has 2 N–H and O–H groups in total. The number of β-amino-alcohol motifs (C(OH)–C–C–N with tert-alkyl or cyclic N) is 1. The number of nitrogens with zero attached hydrogens (tertiary/aromatic N) is 1. The molecule has 1 aromatic rings. The first-order valence-electron chi connectivity index (χ1n) is 6.99. The minimum absolute atomic E-state index is 0.262. The minimum atomic E-state index is -0.438. The summed E-state index contributed by atoms with van der Waals surface area (Å²) < 4.78 is 1.00. The summed E-state index contributed by atoms with van der Waals surface area (Å²) in [6.45, 7) is 2.01. The zero-order valence-corrected chi connectivity index (χ0v) is 12.7. The molecule has 0 aliphatic carbocycles. The average Bonchev–Trinajstić information content (AvgIpc) is 2.83. The normalized spacial score (nSPS) is 21.7. The van der Waals surface area contributed by atoms with Gasteiger partial charge in [0.1, 0.15) is 0 Å². The summed E-state index contributed by atoms with van der Waals surface area (Å²) in [7, 11) is 0. The maximum atomic E-state index is 10.3. The Morgan fingerprint density at radius 1 is 1.42 bits per heavy atom. The molecule has 2 unspecified atom stereocenters. The monoisotopic (exact) mass is 327 g/mol. The number of aliphatic hydroxyl groups is 2. The third-order valence-corrected chi connectivity index (χ3v) is 4.33. The largest absolute Gasteiger partial charge is 0.396 e. The lowest BCUT2D eigenvalue weighted by molar-refractivity contribution is 0.101. The molecule has 106 valence electrons. The molecular weight excluding hydrogens is 306 g/mol. The molecule has 1 heterocycles. The van der Waals surface area contributed by atoms with Crippen molar-refractivity contribution in [3.05, 3.63) is 34.3 Å². The van der Waals surface area contributed by atoms with Crippen molar-refractivity contribution in [3.63, 3.8) is 0 Å². The van der Waals surface area contributed by atoms with E-state index in [1.54, 1.807) is 0 Å². The second kappa shape index (κ2) is 7.39. The molecular formula is C15H22BrNO2. The second-order valence-electron chi connectivity index (χ2n) is 5.23. The quantitative estimate of drug-likeness (QED) is 0.844. The summed E-state index contributed by atoms with van der Waals surface area (Å²) >= 11 is 3.44. The minimum Gasteiger partial charge on any atom is -0.396 e. The van der Waals surface area contributed by atoms with E-state index in [-0.39, 0.29) is 6.61 Å². The highest BCUT2D eigenvalue weighted by Crippen LogP contribution is 2.25. The van der Waals surface area contributed by atoms with Gasteiger partial charge in [-0.3, -0.25) is 4.90 Å². The van der Waals surface area contributed by atoms with E-state index >= 15 is 0 Å². The molecule has 1 aliphatic rings. The lowest BCUT2D eigenvalue weighted by atomic mass is 10.1. The Balaban J connectivity index is 1.92. The summed E-state index contributed by atoms with van der Waals surface area (Å²) in [5, 5.41) is 19.3. The van der Waals surface area contributed by atoms with Crippen LogP contribution in [0.4, 0.5) is 0 Å². The van der Waals surface area contributed by atoms with Crippen LogP contribution in [0.25, 0.3) is 0 Å². The first-order valence-corrected chi connectivity index (χ1v) is 7.78. The molecule has 0 radical (unpaired) electrons. The number of hydrogen-bond acceptors (Lipinski definition) is 3. The van der Waals surface area contributed by atoms with Gasteiger partial charge in [-0.1, -0.05) is 28.1 Å². The van der Waals surface area contributed by atoms with Crippen molar-refractivity contribution in [2.45, 2.75) is 37.8 Å². The second-order valence-corrected chi connectivity index (χ2v) is 6.14. The van der Waals surface area contributed by atoms with Crippen molar-refractivity contribution in [3.8, 4) is 0 Å². The summed E-state index contributed by atoms with van der Waals surface area (Å²) in [5.74, 6) is 0. The fraction of sp³-hybridized carbons (Fsp3) is 0.600. The predicted molar refractivity (Wildman–Crippen MR) is 80.0 cm³/mol. The first kappa shape index (κ1) is 15.0. The number of benzene rings is 1. The molecule has 0 aromatic heterocycles. The summed E-state index contributed by atoms with van der Waals surface area (Å²) in [6, 6.07) is 8.39. The van der Waals surface area contributed by atoms with Crippen LogP contribution in [0.3, 0.4) is 0 Å². The third-order valence-electron chi connectivity index (χ3n) is 3.84. The molecule has 19 heavy (non-hydrogen) atoms. The van der Waals surface area contributed by atoms with E-state index in [1.165, 1.54) is 12.8 Å². The molecule has 1 saturated heterocycles. The zero-order valence-electron chi connectivity index (χ0n) is 11.1. The fourth-order valence-corrected chi connectivity index (χ4v) is 3.25. The van der Waals surface area contributed by atoms with Gasteiger partial charge < -0.3 is 10.2 Å². The van der Waals surface area contributed by atoms with Gasteiger partial charge in [-0.05, 0) is 49.9 Å². The molecule has 0 spiro atoms. The Labute approximate surface area is 123 Å². The highest BCUT2D eigenvalue weighted by atomic mass is 79.9. The molecule has 0 amide bonds. The summed E-state index contributed by atoms with van der Waals surface area (Å²) in [4.78, 5) is 2.36. The lowest BCUT2D eigenvalue weighted by Crippen LogP contribution is -2.33. The standard InChI is InChI=1S/C15H22BrNO2/c16-13-5-1-4-12(10-13)15(19)11-17-8-2-6-14(17)7-3-9-18/h1,4-5,10,14-15,18-19H,2-3,6-9,11H2. The maximum absolute atomic E-state index is 10.3. The Morgan fingerprint density at radius 2 is 2.26 bits per heavy atom. The van der Waals surface area contributed by atoms with Gasteiger partial charge in [0.25, 0.3) is 0 Å². The topological polar surface area (TPSA) is 43.7 Å². The van der Waals surface area contributed by atoms with Crippen LogP contribution >= 0.6 is 15.9 Å². The first-order chi connectivity index (χ1) is 9.20. The molecule has 1 aliphatic heterocycles. The van der Waals surface area contributed by atoms with Gasteiger partial charge >= 0.3 is 0 Å². The van der Waals surface area contributed by atoms with Gasteiger partial charge in [0.2, 0.25) is 0 Å². The van der Waals surface area contributed by atoms with Crippen LogP contribution in [0.15, 0.2) is 28.7 Å². The van der Waals surface area contributed by atoms with E-state index in [1.807, 2.05) is 24.3 Å². The van der Waals surface area contributed by atoms with Crippen molar-refractivity contribution < 1.29 is 10.2 Å². The van der Waals surface area contributed by atoms with E-state index in [4.69, 9.17) is 5.11 Å². The average molecular weight is 328 g/mol. The van der Waals surface area contributed by atoms with E-state index in [0.29, 0.717) is 12.6 Å². The van der Waals surface area contributed by atoms with Crippen molar-refractivity contribution in [1.82, 2.24) is 4.90 Å². The van der Waals surface area contributed by atoms with E-state index in [2.05, 4.69) is 20.8 Å². The van der Waals surface area contributed by atoms with Gasteiger partial charge in [0.15, 0.2) is 0 Å². The van der Waals surface area contributed by atoms with Gasteiger partial charge in [0, 0.05) is 23.7 Å². The smallest absolute Gasteiger partial charge is 0.0917 e. The Morgan fingerprint density at radius 3 is 3.00 bits per heavy atom. The van der Waals surface area contributed by atoms with Gasteiger partial charge in [-0.25, -0.2) is 0 Å². The van der Waals surface area contributed by atoms with Gasteiger partial charge in [0.05, 0.1) is 6.10 Å². The van der Waals surface area contributed by atoms with Crippen LogP contribution in [0.2, 0.25) is 0 Å². The molecule has 2 rings (SSSR count). The van der Waals surface area contributed by atoms with Crippen molar-refractivity contribution in [2.75, 3.05) is 19.7 Å². The SMILES string of the molecule is OCCCC1CCCN1CC(O)c1cccc(Br)c1. The van der Waals surface area contributed by atoms with Crippen LogP contribution in [0, 0.1) is 0 Å². The van der Waals surface area contributed by atoms with Crippen LogP contribution < -0.4 is 0 Å². The number of rotatable bonds is 6. The third kappa shape index (κ3) is 4.28. The van der Waals surface area contributed by atoms with Crippen molar-refractivity contribution in [2.24, 2.45) is 0 Å². The number of halogens is 1. The van der Waals surface area contributed by atoms with E-state index in [9.17, 15) is 5.11 Å². The summed E-state index contributed by atoms with van der Waals surface area (Å²) in [5.41, 5.74) is 0.960. The van der Waals surface area contributed by atoms with Crippen LogP contribution in [0.5, 0.6) is 0 Å². The fourth-order valence-electron chi connectivity index (χ4n) is 2.83. The van der Waals surface area contributed by atoms with Crippen molar-refractivity contribution in [1.29, 1.82) is 0 Å². The molecule has 0 saturated carbocycles. The highest BCUT2D eigenvalue weighted by Gasteiger charge is 2.26. The predicted octanol–water partition coefficient (Wildman–Crippen LogP) is 2.72. The molecule has 0 bridgehead atoms. The van der Waals surface area contributed by atoms with Crippen LogP contribution in [0.1, 0.15) is 37.4 Å². The molecule has 4 heteroatoms. The molecule has 2 atom stereocenters. The van der Waals surface area contributed by atoms with Gasteiger partial charge in [-0.2, -0.15) is 0 Å². The molecule has 1 fully saturated rings. The van der Waals surface area contributed by atoms with Crippen molar-refractivity contribution >= 4 is 15.9 Å². The Hall–Kier alpha value is -0.420. The summed E-state index contributed by atoms with van der Waals surface area (Å²) in [6.07, 6.45) is 3.83. The van der Waals surface area contributed by atoms with Crippen LogP contribution in [-0.4, -0.2) is 40.9 Å². The number of aliphatic hydroxyl groups excluding tert-OH is 2. The highest BCUT2D eigenvalue weighted by molar-refractivity contribution is 9.10. The maximum Gasteiger partial charge on any atom is 0.0917 e.